The smallest absolute Gasteiger partial charge is 0.221 e. The van der Waals surface area contributed by atoms with E-state index < -0.39 is 0 Å². The molecule has 1 aromatic rings. The summed E-state index contributed by atoms with van der Waals surface area (Å²) in [4.78, 5) is 11.8. The van der Waals surface area contributed by atoms with Crippen LogP contribution in [0.3, 0.4) is 0 Å². The second-order valence-corrected chi connectivity index (χ2v) is 5.29. The first-order valence-corrected chi connectivity index (χ1v) is 7.44. The highest BCUT2D eigenvalue weighted by Gasteiger charge is 2.17. The summed E-state index contributed by atoms with van der Waals surface area (Å²) in [6, 6.07) is 6.18. The van der Waals surface area contributed by atoms with Gasteiger partial charge in [-0.1, -0.05) is 6.07 Å². The number of methoxy groups -OCH3 is 2. The molecule has 1 unspecified atom stereocenters. The number of rotatable bonds is 7. The molecule has 0 bridgehead atoms. The van der Waals surface area contributed by atoms with Gasteiger partial charge in [0.05, 0.1) is 14.2 Å². The van der Waals surface area contributed by atoms with Crippen molar-refractivity contribution in [3.8, 4) is 11.5 Å². The quantitative estimate of drug-likeness (QED) is 0.799. The molecule has 1 amide bonds. The Bertz CT molecular complexity index is 471. The second kappa shape index (κ2) is 7.88. The van der Waals surface area contributed by atoms with Crippen LogP contribution in [0.25, 0.3) is 0 Å². The summed E-state index contributed by atoms with van der Waals surface area (Å²) < 4.78 is 10.5. The number of nitrogens with one attached hydrogen (secondary N) is 2. The topological polar surface area (TPSA) is 59.6 Å². The maximum atomic E-state index is 11.8. The maximum absolute atomic E-state index is 11.8. The van der Waals surface area contributed by atoms with E-state index in [1.165, 1.54) is 6.42 Å². The van der Waals surface area contributed by atoms with E-state index in [1.807, 2.05) is 18.2 Å². The van der Waals surface area contributed by atoms with Gasteiger partial charge >= 0.3 is 0 Å². The molecule has 116 valence electrons. The molecule has 1 aliphatic heterocycles. The summed E-state index contributed by atoms with van der Waals surface area (Å²) in [5.74, 6) is 1.56. The third kappa shape index (κ3) is 4.63. The molecule has 2 rings (SSSR count). The first kappa shape index (κ1) is 15.6. The second-order valence-electron chi connectivity index (χ2n) is 5.29. The number of amides is 1. The Morgan fingerprint density at radius 2 is 2.14 bits per heavy atom. The number of hydrogen-bond acceptors (Lipinski definition) is 4. The fourth-order valence-corrected chi connectivity index (χ4v) is 2.61. The molecule has 1 atom stereocenters. The van der Waals surface area contributed by atoms with E-state index in [4.69, 9.17) is 9.47 Å². The van der Waals surface area contributed by atoms with Gasteiger partial charge in [-0.25, -0.2) is 0 Å². The molecule has 1 aromatic carbocycles. The SMILES string of the molecule is COc1ccc(CCNC(=O)CC2CCCN2)cc1OC. The molecule has 5 heteroatoms. The fourth-order valence-electron chi connectivity index (χ4n) is 2.61. The monoisotopic (exact) mass is 292 g/mol. The zero-order chi connectivity index (χ0) is 15.1. The molecular weight excluding hydrogens is 268 g/mol. The van der Waals surface area contributed by atoms with Gasteiger partial charge in [0.1, 0.15) is 0 Å². The van der Waals surface area contributed by atoms with Crippen molar-refractivity contribution in [3.05, 3.63) is 23.8 Å². The van der Waals surface area contributed by atoms with E-state index >= 15 is 0 Å². The zero-order valence-electron chi connectivity index (χ0n) is 12.8. The van der Waals surface area contributed by atoms with Crippen LogP contribution in [0, 0.1) is 0 Å². The highest BCUT2D eigenvalue weighted by atomic mass is 16.5. The fraction of sp³-hybridized carbons (Fsp3) is 0.562. The third-order valence-electron chi connectivity index (χ3n) is 3.78. The molecule has 0 radical (unpaired) electrons. The van der Waals surface area contributed by atoms with Crippen LogP contribution in [-0.4, -0.2) is 39.3 Å². The molecule has 1 heterocycles. The Hall–Kier alpha value is -1.75. The standard InChI is InChI=1S/C16H24N2O3/c1-20-14-6-5-12(10-15(14)21-2)7-9-18-16(19)11-13-4-3-8-17-13/h5-6,10,13,17H,3-4,7-9,11H2,1-2H3,(H,18,19). The lowest BCUT2D eigenvalue weighted by Crippen LogP contribution is -2.32. The van der Waals surface area contributed by atoms with E-state index in [9.17, 15) is 4.79 Å². The van der Waals surface area contributed by atoms with Crippen LogP contribution in [0.5, 0.6) is 11.5 Å². The highest BCUT2D eigenvalue weighted by molar-refractivity contribution is 5.76. The Balaban J connectivity index is 1.76. The number of carbonyl (C=O) groups is 1. The molecule has 0 aliphatic carbocycles. The van der Waals surface area contributed by atoms with Gasteiger partial charge < -0.3 is 20.1 Å². The summed E-state index contributed by atoms with van der Waals surface area (Å²) >= 11 is 0. The van der Waals surface area contributed by atoms with Crippen LogP contribution in [0.2, 0.25) is 0 Å². The summed E-state index contributed by atoms with van der Waals surface area (Å²) in [7, 11) is 3.24. The minimum absolute atomic E-state index is 0.120. The van der Waals surface area contributed by atoms with Crippen LogP contribution in [-0.2, 0) is 11.2 Å². The summed E-state index contributed by atoms with van der Waals surface area (Å²) in [6.45, 7) is 1.67. The van der Waals surface area contributed by atoms with Gasteiger partial charge in [-0.3, -0.25) is 4.79 Å². The van der Waals surface area contributed by atoms with E-state index in [2.05, 4.69) is 10.6 Å². The van der Waals surface area contributed by atoms with E-state index in [0.717, 1.165) is 36.4 Å². The summed E-state index contributed by atoms with van der Waals surface area (Å²) in [5.41, 5.74) is 1.12. The molecule has 0 aromatic heterocycles. The predicted molar refractivity (Wildman–Crippen MR) is 81.9 cm³/mol. The van der Waals surface area contributed by atoms with Gasteiger partial charge in [0.25, 0.3) is 0 Å². The van der Waals surface area contributed by atoms with Crippen molar-refractivity contribution in [2.45, 2.75) is 31.7 Å². The molecule has 1 aliphatic rings. The van der Waals surface area contributed by atoms with Crippen LogP contribution < -0.4 is 20.1 Å². The Morgan fingerprint density at radius 3 is 2.81 bits per heavy atom. The highest BCUT2D eigenvalue weighted by Crippen LogP contribution is 2.27. The largest absolute Gasteiger partial charge is 0.493 e. The molecular formula is C16H24N2O3. The lowest BCUT2D eigenvalue weighted by molar-refractivity contribution is -0.121. The molecule has 21 heavy (non-hydrogen) atoms. The average Bonchev–Trinajstić information content (AvgIpc) is 2.99. The van der Waals surface area contributed by atoms with Crippen molar-refractivity contribution in [1.82, 2.24) is 10.6 Å². The summed E-state index contributed by atoms with van der Waals surface area (Å²) in [5, 5.41) is 6.31. The molecule has 0 spiro atoms. The maximum Gasteiger partial charge on any atom is 0.221 e. The Labute approximate surface area is 126 Å². The van der Waals surface area contributed by atoms with Crippen molar-refractivity contribution in [3.63, 3.8) is 0 Å². The molecule has 1 fully saturated rings. The third-order valence-corrected chi connectivity index (χ3v) is 3.78. The van der Waals surface area contributed by atoms with Crippen molar-refractivity contribution >= 4 is 5.91 Å². The van der Waals surface area contributed by atoms with Crippen LogP contribution >= 0.6 is 0 Å². The van der Waals surface area contributed by atoms with Crippen LogP contribution in [0.15, 0.2) is 18.2 Å². The van der Waals surface area contributed by atoms with Gasteiger partial charge in [0.15, 0.2) is 11.5 Å². The van der Waals surface area contributed by atoms with Gasteiger partial charge in [0.2, 0.25) is 5.91 Å². The van der Waals surface area contributed by atoms with Gasteiger partial charge in [0, 0.05) is 19.0 Å². The van der Waals surface area contributed by atoms with E-state index in [-0.39, 0.29) is 5.91 Å². The Morgan fingerprint density at radius 1 is 1.33 bits per heavy atom. The van der Waals surface area contributed by atoms with Gasteiger partial charge in [-0.05, 0) is 43.5 Å². The van der Waals surface area contributed by atoms with E-state index in [0.29, 0.717) is 19.0 Å². The number of benzene rings is 1. The molecule has 1 saturated heterocycles. The first-order chi connectivity index (χ1) is 10.2. The number of hydrogen-bond donors (Lipinski definition) is 2. The first-order valence-electron chi connectivity index (χ1n) is 7.44. The minimum Gasteiger partial charge on any atom is -0.493 e. The van der Waals surface area contributed by atoms with Gasteiger partial charge in [-0.15, -0.1) is 0 Å². The lowest BCUT2D eigenvalue weighted by Gasteiger charge is -2.11. The molecule has 5 nitrogen and oxygen atoms in total. The average molecular weight is 292 g/mol. The van der Waals surface area contributed by atoms with Crippen molar-refractivity contribution in [2.75, 3.05) is 27.3 Å². The molecule has 2 N–H and O–H groups in total. The number of ether oxygens (including phenoxy) is 2. The lowest BCUT2D eigenvalue weighted by atomic mass is 10.1. The zero-order valence-corrected chi connectivity index (χ0v) is 12.8. The minimum atomic E-state index is 0.120. The predicted octanol–water partition coefficient (Wildman–Crippen LogP) is 1.50. The van der Waals surface area contributed by atoms with Crippen molar-refractivity contribution < 1.29 is 14.3 Å². The Kier molecular flexibility index (Phi) is 5.87. The van der Waals surface area contributed by atoms with Crippen molar-refractivity contribution in [2.24, 2.45) is 0 Å². The summed E-state index contributed by atoms with van der Waals surface area (Å²) in [6.07, 6.45) is 3.63. The van der Waals surface area contributed by atoms with E-state index in [1.54, 1.807) is 14.2 Å². The van der Waals surface area contributed by atoms with Crippen molar-refractivity contribution in [1.29, 1.82) is 0 Å². The van der Waals surface area contributed by atoms with Gasteiger partial charge in [-0.2, -0.15) is 0 Å². The van der Waals surface area contributed by atoms with Crippen LogP contribution in [0.4, 0.5) is 0 Å². The molecule has 0 saturated carbocycles. The van der Waals surface area contributed by atoms with Crippen LogP contribution in [0.1, 0.15) is 24.8 Å². The normalized spacial score (nSPS) is 17.5. The number of carbonyl (C=O) groups excluding carboxylic acids is 1.